The summed E-state index contributed by atoms with van der Waals surface area (Å²) in [6, 6.07) is 17.6. The molecule has 2 aromatic rings. The van der Waals surface area contributed by atoms with Crippen LogP contribution in [0.3, 0.4) is 0 Å². The average Bonchev–Trinajstić information content (AvgIpc) is 3.11. The molecule has 22 heavy (non-hydrogen) atoms. The van der Waals surface area contributed by atoms with Crippen molar-refractivity contribution in [1.82, 2.24) is 0 Å². The fraction of sp³-hybridized carbons (Fsp3) is 0.105. The first-order chi connectivity index (χ1) is 9.84. The summed E-state index contributed by atoms with van der Waals surface area (Å²) in [5.74, 6) is 0. The van der Waals surface area contributed by atoms with Gasteiger partial charge in [-0.25, -0.2) is 0 Å². The normalized spacial score (nSPS) is 19.8. The quantitative estimate of drug-likeness (QED) is 0.623. The maximum atomic E-state index is 4.69. The van der Waals surface area contributed by atoms with Gasteiger partial charge in [-0.2, -0.15) is 0 Å². The third-order valence-corrected chi connectivity index (χ3v) is 10.8. The maximum absolute atomic E-state index is 4.69. The van der Waals surface area contributed by atoms with E-state index in [2.05, 4.69) is 72.8 Å². The van der Waals surface area contributed by atoms with E-state index in [1.54, 1.807) is 0 Å². The monoisotopic (exact) mass is 406 g/mol. The van der Waals surface area contributed by atoms with Gasteiger partial charge in [0.1, 0.15) is 0 Å². The van der Waals surface area contributed by atoms with Crippen LogP contribution in [0.2, 0.25) is 0 Å². The SMILES string of the molecule is Cl.Cl.[CH2]=[Zr]([CH]1C=Cc2ccccc21)[CH]1C=Cc2ccccc21. The van der Waals surface area contributed by atoms with Crippen molar-refractivity contribution >= 4 is 41.2 Å². The van der Waals surface area contributed by atoms with Gasteiger partial charge >= 0.3 is 128 Å². The number of allylic oxidation sites excluding steroid dienone is 2. The van der Waals surface area contributed by atoms with Gasteiger partial charge in [0.05, 0.1) is 0 Å². The number of halogens is 2. The molecular formula is C19H18Cl2Zr. The number of fused-ring (bicyclic) bond motifs is 2. The first kappa shape index (κ1) is 17.6. The van der Waals surface area contributed by atoms with Crippen molar-refractivity contribution < 1.29 is 21.3 Å². The molecule has 0 N–H and O–H groups in total. The van der Waals surface area contributed by atoms with Crippen molar-refractivity contribution in [1.29, 1.82) is 0 Å². The van der Waals surface area contributed by atoms with E-state index in [9.17, 15) is 0 Å². The Bertz CT molecular complexity index is 698. The Morgan fingerprint density at radius 2 is 1.09 bits per heavy atom. The van der Waals surface area contributed by atoms with Gasteiger partial charge in [-0.1, -0.05) is 0 Å². The van der Waals surface area contributed by atoms with Crippen LogP contribution in [0.4, 0.5) is 0 Å². The fourth-order valence-electron chi connectivity index (χ4n) is 3.34. The van der Waals surface area contributed by atoms with Crippen LogP contribution in [-0.2, 0) is 21.3 Å². The summed E-state index contributed by atoms with van der Waals surface area (Å²) in [5.41, 5.74) is 5.81. The first-order valence-corrected chi connectivity index (χ1v) is 11.7. The van der Waals surface area contributed by atoms with E-state index in [-0.39, 0.29) is 24.8 Å². The standard InChI is InChI=1S/2C9H7.CH2.2ClH.Zr/c2*1-2-5-9-7-3-6-8(9)4-1;;;;/h2*1-7H;1H2;2*1H;. The summed E-state index contributed by atoms with van der Waals surface area (Å²) in [4.78, 5) is 0. The van der Waals surface area contributed by atoms with Crippen molar-refractivity contribution in [3.63, 3.8) is 0 Å². The Morgan fingerprint density at radius 1 is 0.682 bits per heavy atom. The molecule has 0 fully saturated rings. The van der Waals surface area contributed by atoms with Gasteiger partial charge in [-0.15, -0.1) is 24.8 Å². The van der Waals surface area contributed by atoms with Crippen LogP contribution in [0.5, 0.6) is 0 Å². The van der Waals surface area contributed by atoms with Gasteiger partial charge < -0.3 is 0 Å². The summed E-state index contributed by atoms with van der Waals surface area (Å²) in [6.07, 6.45) is 9.38. The Kier molecular flexibility index (Phi) is 5.78. The van der Waals surface area contributed by atoms with Crippen LogP contribution in [0.1, 0.15) is 29.5 Å². The molecule has 2 unspecified atom stereocenters. The molecule has 2 aliphatic carbocycles. The van der Waals surface area contributed by atoms with Gasteiger partial charge in [0.2, 0.25) is 0 Å². The molecule has 0 saturated carbocycles. The molecule has 4 rings (SSSR count). The van der Waals surface area contributed by atoms with Crippen LogP contribution < -0.4 is 0 Å². The number of hydrogen-bond donors (Lipinski definition) is 0. The molecule has 0 amide bonds. The van der Waals surface area contributed by atoms with Gasteiger partial charge in [-0.3, -0.25) is 0 Å². The Hall–Kier alpha value is -0.747. The van der Waals surface area contributed by atoms with E-state index < -0.39 is 21.3 Å². The number of benzene rings is 2. The van der Waals surface area contributed by atoms with E-state index in [4.69, 9.17) is 4.21 Å². The molecule has 0 radical (unpaired) electrons. The van der Waals surface area contributed by atoms with Gasteiger partial charge in [0.25, 0.3) is 0 Å². The molecule has 0 aliphatic heterocycles. The molecule has 2 aromatic carbocycles. The minimum absolute atomic E-state index is 0. The molecule has 0 saturated heterocycles. The molecule has 0 heterocycles. The first-order valence-electron chi connectivity index (χ1n) is 7.07. The van der Waals surface area contributed by atoms with E-state index in [0.29, 0.717) is 7.25 Å². The van der Waals surface area contributed by atoms with Crippen LogP contribution >= 0.6 is 24.8 Å². The number of rotatable bonds is 2. The van der Waals surface area contributed by atoms with Gasteiger partial charge in [0.15, 0.2) is 0 Å². The third-order valence-electron chi connectivity index (χ3n) is 4.40. The molecule has 0 nitrogen and oxygen atoms in total. The second kappa shape index (κ2) is 7.22. The fourth-order valence-corrected chi connectivity index (χ4v) is 9.23. The Morgan fingerprint density at radius 3 is 1.55 bits per heavy atom. The van der Waals surface area contributed by atoms with Crippen LogP contribution in [-0.4, -0.2) is 4.21 Å². The van der Waals surface area contributed by atoms with Gasteiger partial charge in [-0.05, 0) is 0 Å². The van der Waals surface area contributed by atoms with Crippen LogP contribution in [0.15, 0.2) is 60.7 Å². The Balaban J connectivity index is 0.000000882. The average molecular weight is 408 g/mol. The van der Waals surface area contributed by atoms with E-state index >= 15 is 0 Å². The molecule has 2 aliphatic rings. The van der Waals surface area contributed by atoms with Crippen molar-refractivity contribution in [3.05, 3.63) is 82.9 Å². The molecule has 0 aromatic heterocycles. The summed E-state index contributed by atoms with van der Waals surface area (Å²) in [6.45, 7) is 0. The summed E-state index contributed by atoms with van der Waals surface area (Å²) >= 11 is -1.85. The van der Waals surface area contributed by atoms with Crippen molar-refractivity contribution in [2.45, 2.75) is 7.25 Å². The topological polar surface area (TPSA) is 0 Å². The molecular weight excluding hydrogens is 390 g/mol. The van der Waals surface area contributed by atoms with E-state index in [1.165, 1.54) is 22.3 Å². The third kappa shape index (κ3) is 2.87. The second-order valence-electron chi connectivity index (χ2n) is 5.51. The zero-order valence-electron chi connectivity index (χ0n) is 12.1. The van der Waals surface area contributed by atoms with Crippen molar-refractivity contribution in [3.8, 4) is 0 Å². The molecule has 0 bridgehead atoms. The van der Waals surface area contributed by atoms with E-state index in [1.807, 2.05) is 0 Å². The predicted octanol–water partition coefficient (Wildman–Crippen LogP) is 5.42. The number of hydrogen-bond acceptors (Lipinski definition) is 0. The summed E-state index contributed by atoms with van der Waals surface area (Å²) < 4.78 is 5.93. The molecule has 2 atom stereocenters. The van der Waals surface area contributed by atoms with E-state index in [0.717, 1.165) is 0 Å². The van der Waals surface area contributed by atoms with Crippen LogP contribution in [0.25, 0.3) is 12.2 Å². The van der Waals surface area contributed by atoms with Gasteiger partial charge in [0, 0.05) is 0 Å². The van der Waals surface area contributed by atoms with Crippen molar-refractivity contribution in [2.24, 2.45) is 0 Å². The zero-order chi connectivity index (χ0) is 13.5. The zero-order valence-corrected chi connectivity index (χ0v) is 16.2. The second-order valence-corrected chi connectivity index (χ2v) is 11.4. The van der Waals surface area contributed by atoms with Crippen LogP contribution in [0, 0.1) is 0 Å². The molecule has 0 spiro atoms. The molecule has 112 valence electrons. The molecule has 3 heteroatoms. The summed E-state index contributed by atoms with van der Waals surface area (Å²) in [5, 5.41) is 0. The predicted molar refractivity (Wildman–Crippen MR) is 98.1 cm³/mol. The van der Waals surface area contributed by atoms with Crippen molar-refractivity contribution in [2.75, 3.05) is 0 Å². The summed E-state index contributed by atoms with van der Waals surface area (Å²) in [7, 11) is 0. The Labute approximate surface area is 151 Å². The minimum atomic E-state index is -1.85.